The van der Waals surface area contributed by atoms with Gasteiger partial charge >= 0.3 is 0 Å². The molecule has 1 heterocycles. The van der Waals surface area contributed by atoms with Crippen LogP contribution in [-0.4, -0.2) is 22.3 Å². The highest BCUT2D eigenvalue weighted by Gasteiger charge is 2.27. The summed E-state index contributed by atoms with van der Waals surface area (Å²) in [6.07, 6.45) is 2.56. The van der Waals surface area contributed by atoms with E-state index in [9.17, 15) is 4.79 Å². The zero-order valence-electron chi connectivity index (χ0n) is 12.5. The Bertz CT molecular complexity index is 571. The summed E-state index contributed by atoms with van der Waals surface area (Å²) < 4.78 is 0. The molecule has 0 aromatic heterocycles. The molecule has 0 aliphatic carbocycles. The van der Waals surface area contributed by atoms with E-state index in [0.717, 1.165) is 30.5 Å². The van der Waals surface area contributed by atoms with Crippen molar-refractivity contribution < 1.29 is 4.79 Å². The van der Waals surface area contributed by atoms with Crippen LogP contribution in [0.4, 0.5) is 0 Å². The van der Waals surface area contributed by atoms with Crippen molar-refractivity contribution in [1.29, 1.82) is 0 Å². The maximum atomic E-state index is 12.2. The number of hydrogen-bond donors (Lipinski definition) is 1. The molecule has 21 heavy (non-hydrogen) atoms. The van der Waals surface area contributed by atoms with Crippen LogP contribution in [0.1, 0.15) is 44.2 Å². The number of nitrogens with two attached hydrogens (primary N) is 1. The molecule has 1 fully saturated rings. The highest BCUT2D eigenvalue weighted by atomic mass is 35.5. The second kappa shape index (κ2) is 6.32. The maximum absolute atomic E-state index is 12.2. The Morgan fingerprint density at radius 3 is 2.76 bits per heavy atom. The van der Waals surface area contributed by atoms with Crippen LogP contribution in [0.5, 0.6) is 0 Å². The van der Waals surface area contributed by atoms with Gasteiger partial charge in [-0.05, 0) is 29.9 Å². The van der Waals surface area contributed by atoms with Crippen LogP contribution in [0, 0.1) is 5.41 Å². The van der Waals surface area contributed by atoms with Gasteiger partial charge in [0.1, 0.15) is 4.99 Å². The molecule has 0 unspecified atom stereocenters. The van der Waals surface area contributed by atoms with Gasteiger partial charge in [-0.2, -0.15) is 0 Å². The van der Waals surface area contributed by atoms with Crippen LogP contribution in [0.3, 0.4) is 0 Å². The van der Waals surface area contributed by atoms with Crippen LogP contribution in [-0.2, 0) is 11.3 Å². The van der Waals surface area contributed by atoms with E-state index in [1.807, 2.05) is 17.0 Å². The number of hydrogen-bond acceptors (Lipinski definition) is 2. The van der Waals surface area contributed by atoms with E-state index in [4.69, 9.17) is 29.6 Å². The van der Waals surface area contributed by atoms with Gasteiger partial charge in [-0.3, -0.25) is 4.79 Å². The van der Waals surface area contributed by atoms with Crippen LogP contribution in [0.15, 0.2) is 18.2 Å². The average molecular weight is 325 g/mol. The topological polar surface area (TPSA) is 46.3 Å². The Labute approximate surface area is 136 Å². The predicted octanol–water partition coefficient (Wildman–Crippen LogP) is 3.51. The summed E-state index contributed by atoms with van der Waals surface area (Å²) in [6, 6.07) is 5.53. The first-order valence-electron chi connectivity index (χ1n) is 7.14. The first-order valence-corrected chi connectivity index (χ1v) is 7.93. The summed E-state index contributed by atoms with van der Waals surface area (Å²) in [5, 5.41) is 0.608. The molecule has 3 nitrogen and oxygen atoms in total. The molecule has 0 atom stereocenters. The average Bonchev–Trinajstić information content (AvgIpc) is 2.53. The SMILES string of the molecule is CC1(C)CCC(=O)N(Cc2ccc(C(N)=S)cc2Cl)CC1. The van der Waals surface area contributed by atoms with Crippen molar-refractivity contribution in [2.24, 2.45) is 11.1 Å². The fraction of sp³-hybridized carbons (Fsp3) is 0.500. The maximum Gasteiger partial charge on any atom is 0.222 e. The van der Waals surface area contributed by atoms with Crippen LogP contribution < -0.4 is 5.73 Å². The van der Waals surface area contributed by atoms with Crippen molar-refractivity contribution in [1.82, 2.24) is 4.90 Å². The molecular formula is C16H21ClN2OS. The fourth-order valence-corrected chi connectivity index (χ4v) is 2.86. The van der Waals surface area contributed by atoms with E-state index in [-0.39, 0.29) is 11.3 Å². The smallest absolute Gasteiger partial charge is 0.222 e. The van der Waals surface area contributed by atoms with Gasteiger partial charge in [-0.1, -0.05) is 49.8 Å². The number of nitrogens with zero attached hydrogens (tertiary/aromatic N) is 1. The summed E-state index contributed by atoms with van der Waals surface area (Å²) in [5.74, 6) is 0.204. The van der Waals surface area contributed by atoms with E-state index in [2.05, 4.69) is 13.8 Å². The Morgan fingerprint density at radius 2 is 2.14 bits per heavy atom. The Morgan fingerprint density at radius 1 is 1.43 bits per heavy atom. The molecule has 1 amide bonds. The van der Waals surface area contributed by atoms with E-state index in [1.165, 1.54) is 0 Å². The molecule has 1 aromatic rings. The first-order chi connectivity index (χ1) is 9.78. The number of amides is 1. The van der Waals surface area contributed by atoms with Gasteiger partial charge in [0.05, 0.1) is 0 Å². The standard InChI is InChI=1S/C16H21ClN2OS/c1-16(2)6-5-14(20)19(8-7-16)10-12-4-3-11(15(18)21)9-13(12)17/h3-4,9H,5-8,10H2,1-2H3,(H2,18,21). The Kier molecular flexibility index (Phi) is 4.89. The molecule has 1 saturated heterocycles. The third-order valence-electron chi connectivity index (χ3n) is 4.13. The van der Waals surface area contributed by atoms with Gasteiger partial charge in [0.2, 0.25) is 5.91 Å². The number of carbonyl (C=O) groups is 1. The zero-order chi connectivity index (χ0) is 15.6. The molecule has 0 bridgehead atoms. The number of halogens is 1. The molecule has 114 valence electrons. The molecule has 0 saturated carbocycles. The third-order valence-corrected chi connectivity index (χ3v) is 4.71. The summed E-state index contributed by atoms with van der Waals surface area (Å²) >= 11 is 11.2. The van der Waals surface area contributed by atoms with Gasteiger partial charge < -0.3 is 10.6 Å². The number of thiocarbonyl (C=S) groups is 1. The fourth-order valence-electron chi connectivity index (χ4n) is 2.49. The van der Waals surface area contributed by atoms with Crippen molar-refractivity contribution in [3.8, 4) is 0 Å². The quantitative estimate of drug-likeness (QED) is 0.865. The van der Waals surface area contributed by atoms with Crippen molar-refractivity contribution in [3.63, 3.8) is 0 Å². The minimum Gasteiger partial charge on any atom is -0.389 e. The Balaban J connectivity index is 2.14. The van der Waals surface area contributed by atoms with Gasteiger partial charge in [0, 0.05) is 30.1 Å². The van der Waals surface area contributed by atoms with E-state index in [0.29, 0.717) is 23.0 Å². The van der Waals surface area contributed by atoms with E-state index in [1.54, 1.807) is 6.07 Å². The lowest BCUT2D eigenvalue weighted by atomic mass is 9.85. The van der Waals surface area contributed by atoms with E-state index >= 15 is 0 Å². The minimum absolute atomic E-state index is 0.204. The second-order valence-corrected chi connectivity index (χ2v) is 7.25. The number of rotatable bonds is 3. The summed E-state index contributed by atoms with van der Waals surface area (Å²) in [4.78, 5) is 14.5. The number of carbonyl (C=O) groups excluding carboxylic acids is 1. The van der Waals surface area contributed by atoms with Crippen molar-refractivity contribution in [3.05, 3.63) is 34.3 Å². The van der Waals surface area contributed by atoms with Gasteiger partial charge in [0.25, 0.3) is 0 Å². The van der Waals surface area contributed by atoms with Crippen molar-refractivity contribution >= 4 is 34.7 Å². The predicted molar refractivity (Wildman–Crippen MR) is 90.4 cm³/mol. The first kappa shape index (κ1) is 16.2. The molecule has 2 rings (SSSR count). The Hall–Kier alpha value is -1.13. The van der Waals surface area contributed by atoms with Gasteiger partial charge in [-0.25, -0.2) is 0 Å². The monoisotopic (exact) mass is 324 g/mol. The van der Waals surface area contributed by atoms with Crippen LogP contribution >= 0.6 is 23.8 Å². The van der Waals surface area contributed by atoms with E-state index < -0.39 is 0 Å². The highest BCUT2D eigenvalue weighted by Crippen LogP contribution is 2.31. The highest BCUT2D eigenvalue weighted by molar-refractivity contribution is 7.80. The number of benzene rings is 1. The van der Waals surface area contributed by atoms with Crippen molar-refractivity contribution in [2.45, 2.75) is 39.7 Å². The summed E-state index contributed by atoms with van der Waals surface area (Å²) in [7, 11) is 0. The lowest BCUT2D eigenvalue weighted by Crippen LogP contribution is -2.30. The molecule has 0 radical (unpaired) electrons. The molecule has 5 heteroatoms. The van der Waals surface area contributed by atoms with Gasteiger partial charge in [-0.15, -0.1) is 0 Å². The van der Waals surface area contributed by atoms with Crippen molar-refractivity contribution in [2.75, 3.05) is 6.54 Å². The second-order valence-electron chi connectivity index (χ2n) is 6.40. The molecule has 0 spiro atoms. The summed E-state index contributed by atoms with van der Waals surface area (Å²) in [5.41, 5.74) is 7.51. The minimum atomic E-state index is 0.204. The van der Waals surface area contributed by atoms with Crippen LogP contribution in [0.25, 0.3) is 0 Å². The molecular weight excluding hydrogens is 304 g/mol. The lowest BCUT2D eigenvalue weighted by Gasteiger charge is -2.24. The zero-order valence-corrected chi connectivity index (χ0v) is 14.1. The van der Waals surface area contributed by atoms with Gasteiger partial charge in [0.15, 0.2) is 0 Å². The lowest BCUT2D eigenvalue weighted by molar-refractivity contribution is -0.131. The summed E-state index contributed by atoms with van der Waals surface area (Å²) in [6.45, 7) is 5.76. The third kappa shape index (κ3) is 4.17. The molecule has 1 aliphatic rings. The molecule has 1 aromatic carbocycles. The molecule has 2 N–H and O–H groups in total. The molecule has 1 aliphatic heterocycles. The largest absolute Gasteiger partial charge is 0.389 e. The number of likely N-dealkylation sites (tertiary alicyclic amines) is 1. The normalized spacial score (nSPS) is 18.4. The van der Waals surface area contributed by atoms with Crippen LogP contribution in [0.2, 0.25) is 5.02 Å².